The molecule has 0 saturated heterocycles. The molecule has 1 amide bonds. The molecular weight excluding hydrogens is 282 g/mol. The summed E-state index contributed by atoms with van der Waals surface area (Å²) in [7, 11) is 0. The van der Waals surface area contributed by atoms with Gasteiger partial charge in [0.25, 0.3) is 5.91 Å². The first-order chi connectivity index (χ1) is 10.8. The quantitative estimate of drug-likeness (QED) is 0.841. The van der Waals surface area contributed by atoms with Crippen molar-refractivity contribution in [1.29, 1.82) is 0 Å². The van der Waals surface area contributed by atoms with Crippen molar-refractivity contribution >= 4 is 5.91 Å². The average Bonchev–Trinajstić information content (AvgIpc) is 3.08. The van der Waals surface area contributed by atoms with Crippen LogP contribution in [0.4, 0.5) is 0 Å². The van der Waals surface area contributed by atoms with Gasteiger partial charge < -0.3 is 14.4 Å². The summed E-state index contributed by atoms with van der Waals surface area (Å²) in [6.45, 7) is 4.09. The molecule has 3 rings (SSSR count). The number of fused-ring (bicyclic) bond motifs is 1. The molecule has 2 aromatic rings. The Bertz CT molecular complexity index is 627. The monoisotopic (exact) mass is 301 g/mol. The normalized spacial score (nSPS) is 16.3. The van der Waals surface area contributed by atoms with Crippen molar-refractivity contribution in [3.8, 4) is 11.5 Å². The van der Waals surface area contributed by atoms with Crippen LogP contribution >= 0.6 is 0 Å². The lowest BCUT2D eigenvalue weighted by Gasteiger charge is -2.30. The first kappa shape index (κ1) is 14.4. The zero-order valence-corrected chi connectivity index (χ0v) is 12.5. The van der Waals surface area contributed by atoms with Crippen molar-refractivity contribution in [1.82, 2.24) is 14.7 Å². The third-order valence-corrected chi connectivity index (χ3v) is 3.64. The number of likely N-dealkylation sites (N-methyl/N-ethyl adjacent to an activating group) is 1. The molecule has 0 bridgehead atoms. The van der Waals surface area contributed by atoms with Gasteiger partial charge in [-0.2, -0.15) is 5.10 Å². The summed E-state index contributed by atoms with van der Waals surface area (Å²) in [4.78, 5) is 14.4. The second-order valence-electron chi connectivity index (χ2n) is 5.05. The smallest absolute Gasteiger partial charge is 0.267 e. The van der Waals surface area contributed by atoms with Crippen LogP contribution in [-0.4, -0.2) is 46.4 Å². The van der Waals surface area contributed by atoms with Crippen molar-refractivity contribution in [2.75, 3.05) is 19.7 Å². The van der Waals surface area contributed by atoms with E-state index in [0.29, 0.717) is 31.1 Å². The van der Waals surface area contributed by atoms with Crippen LogP contribution in [0.3, 0.4) is 0 Å². The highest BCUT2D eigenvalue weighted by Crippen LogP contribution is 2.31. The van der Waals surface area contributed by atoms with E-state index in [2.05, 4.69) is 5.10 Å². The number of carbonyl (C=O) groups is 1. The van der Waals surface area contributed by atoms with Crippen LogP contribution in [0.2, 0.25) is 0 Å². The fourth-order valence-electron chi connectivity index (χ4n) is 2.42. The average molecular weight is 301 g/mol. The first-order valence-electron chi connectivity index (χ1n) is 7.42. The molecule has 2 heterocycles. The molecule has 0 radical (unpaired) electrons. The van der Waals surface area contributed by atoms with E-state index in [9.17, 15) is 4.79 Å². The molecule has 22 heavy (non-hydrogen) atoms. The number of ether oxygens (including phenoxy) is 2. The molecule has 116 valence electrons. The van der Waals surface area contributed by atoms with Gasteiger partial charge in [0.1, 0.15) is 6.61 Å². The molecule has 1 atom stereocenters. The maximum Gasteiger partial charge on any atom is 0.267 e. The Labute approximate surface area is 129 Å². The van der Waals surface area contributed by atoms with E-state index in [4.69, 9.17) is 9.47 Å². The third-order valence-electron chi connectivity index (χ3n) is 3.64. The van der Waals surface area contributed by atoms with Gasteiger partial charge in [0, 0.05) is 25.5 Å². The second kappa shape index (κ2) is 6.51. The van der Waals surface area contributed by atoms with Crippen molar-refractivity contribution < 1.29 is 14.3 Å². The SMILES string of the molecule is CCN(CCn1cccn1)C(=O)[C@@H]1COc2ccccc2O1. The minimum Gasteiger partial charge on any atom is -0.485 e. The molecule has 1 aromatic heterocycles. The van der Waals surface area contributed by atoms with Gasteiger partial charge in [0.2, 0.25) is 6.10 Å². The van der Waals surface area contributed by atoms with Crippen molar-refractivity contribution in [3.63, 3.8) is 0 Å². The number of amides is 1. The standard InChI is InChI=1S/C16H19N3O3/c1-2-18(10-11-19-9-5-8-17-19)16(20)15-12-21-13-6-3-4-7-14(13)22-15/h3-9,15H,2,10-12H2,1H3/t15-/m0/s1. The largest absolute Gasteiger partial charge is 0.485 e. The van der Waals surface area contributed by atoms with Crippen molar-refractivity contribution in [2.45, 2.75) is 19.6 Å². The van der Waals surface area contributed by atoms with Crippen LogP contribution in [0, 0.1) is 0 Å². The molecule has 0 spiro atoms. The summed E-state index contributed by atoms with van der Waals surface area (Å²) in [5.41, 5.74) is 0. The summed E-state index contributed by atoms with van der Waals surface area (Å²) in [6.07, 6.45) is 3.02. The summed E-state index contributed by atoms with van der Waals surface area (Å²) in [6, 6.07) is 9.27. The highest BCUT2D eigenvalue weighted by Gasteiger charge is 2.30. The van der Waals surface area contributed by atoms with Crippen LogP contribution in [-0.2, 0) is 11.3 Å². The van der Waals surface area contributed by atoms with Crippen molar-refractivity contribution in [3.05, 3.63) is 42.7 Å². The predicted octanol–water partition coefficient (Wildman–Crippen LogP) is 1.57. The Morgan fingerprint density at radius 2 is 2.18 bits per heavy atom. The fraction of sp³-hybridized carbons (Fsp3) is 0.375. The second-order valence-corrected chi connectivity index (χ2v) is 5.05. The minimum atomic E-state index is -0.590. The van der Waals surface area contributed by atoms with Crippen LogP contribution in [0.25, 0.3) is 0 Å². The highest BCUT2D eigenvalue weighted by molar-refractivity contribution is 5.81. The predicted molar refractivity (Wildman–Crippen MR) is 80.8 cm³/mol. The number of carbonyl (C=O) groups excluding carboxylic acids is 1. The molecule has 6 nitrogen and oxygen atoms in total. The Kier molecular flexibility index (Phi) is 4.27. The Morgan fingerprint density at radius 3 is 2.91 bits per heavy atom. The van der Waals surface area contributed by atoms with Gasteiger partial charge in [-0.15, -0.1) is 0 Å². The van der Waals surface area contributed by atoms with Crippen LogP contribution in [0.1, 0.15) is 6.92 Å². The number of rotatable bonds is 5. The summed E-state index contributed by atoms with van der Waals surface area (Å²) in [5, 5.41) is 4.15. The third kappa shape index (κ3) is 3.05. The molecule has 6 heteroatoms. The van der Waals surface area contributed by atoms with E-state index < -0.39 is 6.10 Å². The topological polar surface area (TPSA) is 56.6 Å². The minimum absolute atomic E-state index is 0.0517. The summed E-state index contributed by atoms with van der Waals surface area (Å²) < 4.78 is 13.2. The van der Waals surface area contributed by atoms with Gasteiger partial charge in [-0.05, 0) is 25.1 Å². The molecule has 1 aliphatic rings. The van der Waals surface area contributed by atoms with E-state index in [0.717, 1.165) is 0 Å². The van der Waals surface area contributed by atoms with Gasteiger partial charge in [-0.1, -0.05) is 12.1 Å². The zero-order valence-electron chi connectivity index (χ0n) is 12.5. The molecular formula is C16H19N3O3. The lowest BCUT2D eigenvalue weighted by molar-refractivity contribution is -0.141. The van der Waals surface area contributed by atoms with Gasteiger partial charge in [0.15, 0.2) is 11.5 Å². The van der Waals surface area contributed by atoms with E-state index in [1.165, 1.54) is 0 Å². The van der Waals surface area contributed by atoms with E-state index in [1.807, 2.05) is 48.1 Å². The molecule has 1 aliphatic heterocycles. The highest BCUT2D eigenvalue weighted by atomic mass is 16.6. The molecule has 0 saturated carbocycles. The van der Waals surface area contributed by atoms with E-state index in [-0.39, 0.29) is 12.5 Å². The maximum atomic E-state index is 12.6. The first-order valence-corrected chi connectivity index (χ1v) is 7.42. The number of hydrogen-bond acceptors (Lipinski definition) is 4. The lowest BCUT2D eigenvalue weighted by Crippen LogP contribution is -2.47. The fourth-order valence-corrected chi connectivity index (χ4v) is 2.42. The van der Waals surface area contributed by atoms with Crippen molar-refractivity contribution in [2.24, 2.45) is 0 Å². The molecule has 0 N–H and O–H groups in total. The van der Waals surface area contributed by atoms with Gasteiger partial charge in [0.05, 0.1) is 6.54 Å². The van der Waals surface area contributed by atoms with Crippen LogP contribution < -0.4 is 9.47 Å². The Morgan fingerprint density at radius 1 is 1.36 bits per heavy atom. The number of hydrogen-bond donors (Lipinski definition) is 0. The number of para-hydroxylation sites is 2. The maximum absolute atomic E-state index is 12.6. The summed E-state index contributed by atoms with van der Waals surface area (Å²) >= 11 is 0. The number of aromatic nitrogens is 2. The van der Waals surface area contributed by atoms with Gasteiger partial charge in [-0.3, -0.25) is 9.48 Å². The summed E-state index contributed by atoms with van der Waals surface area (Å²) in [5.74, 6) is 1.26. The van der Waals surface area contributed by atoms with E-state index >= 15 is 0 Å². The van der Waals surface area contributed by atoms with Gasteiger partial charge in [-0.25, -0.2) is 0 Å². The Balaban J connectivity index is 1.62. The van der Waals surface area contributed by atoms with Crippen LogP contribution in [0.5, 0.6) is 11.5 Å². The Hall–Kier alpha value is -2.50. The number of benzene rings is 1. The molecule has 0 aliphatic carbocycles. The molecule has 0 unspecified atom stereocenters. The molecule has 1 aromatic carbocycles. The molecule has 0 fully saturated rings. The lowest BCUT2D eigenvalue weighted by atomic mass is 10.2. The van der Waals surface area contributed by atoms with Crippen LogP contribution in [0.15, 0.2) is 42.7 Å². The zero-order chi connectivity index (χ0) is 15.4. The van der Waals surface area contributed by atoms with Gasteiger partial charge >= 0.3 is 0 Å². The van der Waals surface area contributed by atoms with E-state index in [1.54, 1.807) is 11.1 Å². The number of nitrogens with zero attached hydrogens (tertiary/aromatic N) is 3.